The fraction of sp³-hybridized carbons (Fsp3) is 0.250. The summed E-state index contributed by atoms with van der Waals surface area (Å²) in [7, 11) is -7.00. The molecule has 2 saturated heterocycles. The topological polar surface area (TPSA) is 107 Å². The molecule has 0 spiro atoms. The lowest BCUT2D eigenvalue weighted by Gasteiger charge is -2.33. The minimum Gasteiger partial charge on any atom is -0.345 e. The first kappa shape index (κ1) is 43.0. The second-order valence-corrected chi connectivity index (χ2v) is 21.3. The van der Waals surface area contributed by atoms with Crippen molar-refractivity contribution in [3.8, 4) is 0 Å². The number of sulfonamides is 2. The van der Waals surface area contributed by atoms with Crippen LogP contribution in [-0.2, 0) is 32.9 Å². The lowest BCUT2D eigenvalue weighted by Crippen LogP contribution is -2.48. The van der Waals surface area contributed by atoms with Crippen LogP contribution < -0.4 is 9.80 Å². The Bertz CT molecular complexity index is 2530. The summed E-state index contributed by atoms with van der Waals surface area (Å²) >= 11 is 24.4. The Kier molecular flexibility index (Phi) is 14.2. The summed E-state index contributed by atoms with van der Waals surface area (Å²) in [5.74, 6) is 0. The van der Waals surface area contributed by atoms with Crippen LogP contribution >= 0.6 is 73.4 Å². The largest absolute Gasteiger partial charge is 0.345 e. The van der Waals surface area contributed by atoms with E-state index < -0.39 is 20.0 Å². The Balaban J connectivity index is 0.000000177. The monoisotopic (exact) mass is 978 g/mol. The van der Waals surface area contributed by atoms with Gasteiger partial charge in [0.15, 0.2) is 10.3 Å². The summed E-state index contributed by atoms with van der Waals surface area (Å²) in [6.07, 6.45) is 1.53. The summed E-state index contributed by atoms with van der Waals surface area (Å²) in [6, 6.07) is 28.6. The van der Waals surface area contributed by atoms with Crippen molar-refractivity contribution in [1.29, 1.82) is 0 Å². The Morgan fingerprint density at radius 3 is 1.34 bits per heavy atom. The average molecular weight is 981 g/mol. The van der Waals surface area contributed by atoms with Crippen LogP contribution in [0, 0.1) is 0 Å². The van der Waals surface area contributed by atoms with Crippen LogP contribution in [0.15, 0.2) is 122 Å². The number of rotatable bonds is 10. The molecule has 0 unspecified atom stereocenters. The molecule has 8 rings (SSSR count). The maximum Gasteiger partial charge on any atom is 0.243 e. The first-order valence-corrected chi connectivity index (χ1v) is 24.8. The van der Waals surface area contributed by atoms with Gasteiger partial charge >= 0.3 is 0 Å². The third-order valence-corrected chi connectivity index (χ3v) is 16.5. The van der Waals surface area contributed by atoms with Gasteiger partial charge in [0, 0.05) is 95.5 Å². The zero-order valence-corrected chi connectivity index (χ0v) is 38.0. The quantitative estimate of drug-likeness (QED) is 0.134. The molecule has 2 aliphatic heterocycles. The van der Waals surface area contributed by atoms with Crippen molar-refractivity contribution in [1.82, 2.24) is 18.6 Å². The summed E-state index contributed by atoms with van der Waals surface area (Å²) in [5, 5.41) is 7.77. The van der Waals surface area contributed by atoms with E-state index in [0.717, 1.165) is 49.6 Å². The number of piperazine rings is 2. The van der Waals surface area contributed by atoms with Gasteiger partial charge in [-0.1, -0.05) is 75.0 Å². The number of halogens is 4. The van der Waals surface area contributed by atoms with Gasteiger partial charge in [-0.2, -0.15) is 8.61 Å². The molecule has 0 aliphatic carbocycles. The number of hydrogen-bond acceptors (Lipinski definition) is 10. The van der Waals surface area contributed by atoms with E-state index in [-0.39, 0.29) is 9.79 Å². The summed E-state index contributed by atoms with van der Waals surface area (Å²) in [4.78, 5) is 14.3. The van der Waals surface area contributed by atoms with E-state index in [2.05, 4.69) is 48.6 Å². The molecule has 0 N–H and O–H groups in total. The molecule has 0 saturated carbocycles. The zero-order chi connectivity index (χ0) is 40.9. The highest BCUT2D eigenvalue weighted by atomic mass is 79.9. The Morgan fingerprint density at radius 1 is 0.534 bits per heavy atom. The van der Waals surface area contributed by atoms with Crippen LogP contribution in [0.2, 0.25) is 15.1 Å². The summed E-state index contributed by atoms with van der Waals surface area (Å²) in [5.41, 5.74) is 4.39. The van der Waals surface area contributed by atoms with E-state index >= 15 is 0 Å². The zero-order valence-electron chi connectivity index (χ0n) is 30.9. The second kappa shape index (κ2) is 19.1. The maximum absolute atomic E-state index is 12.8. The van der Waals surface area contributed by atoms with Crippen LogP contribution in [0.5, 0.6) is 0 Å². The van der Waals surface area contributed by atoms with Gasteiger partial charge in [0.1, 0.15) is 0 Å². The number of aromatic nitrogens is 2. The molecule has 0 atom stereocenters. The highest BCUT2D eigenvalue weighted by Gasteiger charge is 2.31. The van der Waals surface area contributed by atoms with E-state index in [1.54, 1.807) is 71.2 Å². The van der Waals surface area contributed by atoms with E-state index in [9.17, 15) is 16.8 Å². The molecule has 2 aliphatic rings. The first-order chi connectivity index (χ1) is 27.8. The van der Waals surface area contributed by atoms with Crippen LogP contribution in [0.25, 0.3) is 0 Å². The molecule has 18 heteroatoms. The van der Waals surface area contributed by atoms with Crippen LogP contribution in [0.1, 0.15) is 22.5 Å². The number of nitrogens with zero attached hydrogens (tertiary/aromatic N) is 6. The van der Waals surface area contributed by atoms with Crippen molar-refractivity contribution in [2.45, 2.75) is 22.6 Å². The molecule has 0 radical (unpaired) electrons. The molecule has 4 heterocycles. The number of thiazole rings is 2. The second-order valence-electron chi connectivity index (χ2n) is 13.5. The molecule has 4 aromatic carbocycles. The third kappa shape index (κ3) is 10.8. The van der Waals surface area contributed by atoms with Crippen molar-refractivity contribution in [3.63, 3.8) is 0 Å². The SMILES string of the molecule is O=S(=O)(c1ccc(Cl)cc1)N1CCN(c2nc(Cc3ccc(Cl)cc3)cs2)CC1.O=S(=O)(c1ccc(Cl)cc1)N1CCN(c2nc(Cc3cccc(Br)c3)cs2)CC1. The number of hydrogen-bond donors (Lipinski definition) is 0. The molecular formula is C40H38BrCl3N6O4S4. The van der Waals surface area contributed by atoms with Gasteiger partial charge in [-0.3, -0.25) is 0 Å². The average Bonchev–Trinajstić information content (AvgIpc) is 3.90. The van der Waals surface area contributed by atoms with E-state index in [4.69, 9.17) is 44.8 Å². The number of anilines is 2. The van der Waals surface area contributed by atoms with Crippen LogP contribution in [0.3, 0.4) is 0 Å². The van der Waals surface area contributed by atoms with E-state index in [1.165, 1.54) is 14.2 Å². The maximum atomic E-state index is 12.8. The Labute approximate surface area is 370 Å². The minimum atomic E-state index is -3.50. The molecule has 10 nitrogen and oxygen atoms in total. The fourth-order valence-electron chi connectivity index (χ4n) is 6.46. The standard InChI is InChI=1S/C20H19BrClN3O2S2.C20H19Cl2N3O2S2/c21-16-3-1-2-15(12-16)13-18-14-28-20(23-18)24-8-10-25(11-9-24)29(26,27)19-6-4-17(22)5-7-19;21-16-3-1-15(2-4-16)13-18-14-28-20(23-18)24-9-11-25(12-10-24)29(26,27)19-7-5-17(22)6-8-19/h1-7,12,14H,8-11,13H2;1-8,14H,9-13H2. The molecule has 304 valence electrons. The molecule has 58 heavy (non-hydrogen) atoms. The smallest absolute Gasteiger partial charge is 0.243 e. The highest BCUT2D eigenvalue weighted by molar-refractivity contribution is 9.10. The van der Waals surface area contributed by atoms with Crippen molar-refractivity contribution in [2.24, 2.45) is 0 Å². The van der Waals surface area contributed by atoms with E-state index in [0.29, 0.717) is 62.4 Å². The van der Waals surface area contributed by atoms with Gasteiger partial charge in [0.05, 0.1) is 21.2 Å². The lowest BCUT2D eigenvalue weighted by molar-refractivity contribution is 0.384. The predicted octanol–water partition coefficient (Wildman–Crippen LogP) is 9.21. The molecule has 2 fully saturated rings. The molecular weight excluding hydrogens is 943 g/mol. The van der Waals surface area contributed by atoms with Gasteiger partial charge in [0.25, 0.3) is 0 Å². The van der Waals surface area contributed by atoms with Crippen molar-refractivity contribution < 1.29 is 16.8 Å². The lowest BCUT2D eigenvalue weighted by atomic mass is 10.1. The molecule has 2 aromatic heterocycles. The third-order valence-electron chi connectivity index (χ3n) is 9.57. The Hall–Kier alpha value is -3.09. The molecule has 0 amide bonds. The summed E-state index contributed by atoms with van der Waals surface area (Å²) < 4.78 is 55.4. The van der Waals surface area contributed by atoms with E-state index in [1.807, 2.05) is 36.4 Å². The van der Waals surface area contributed by atoms with Crippen LogP contribution in [-0.4, -0.2) is 87.8 Å². The highest BCUT2D eigenvalue weighted by Crippen LogP contribution is 2.28. The normalized spacial score (nSPS) is 15.6. The van der Waals surface area contributed by atoms with Crippen molar-refractivity contribution in [2.75, 3.05) is 62.2 Å². The molecule has 6 aromatic rings. The summed E-state index contributed by atoms with van der Waals surface area (Å²) in [6.45, 7) is 4.19. The van der Waals surface area contributed by atoms with Gasteiger partial charge in [0.2, 0.25) is 20.0 Å². The van der Waals surface area contributed by atoms with Gasteiger partial charge in [-0.25, -0.2) is 26.8 Å². The van der Waals surface area contributed by atoms with Crippen molar-refractivity contribution in [3.05, 3.63) is 150 Å². The first-order valence-electron chi connectivity index (χ1n) is 18.2. The van der Waals surface area contributed by atoms with Crippen molar-refractivity contribution >= 4 is 104 Å². The van der Waals surface area contributed by atoms with Gasteiger partial charge in [-0.05, 0) is 83.9 Å². The predicted molar refractivity (Wildman–Crippen MR) is 240 cm³/mol. The minimum absolute atomic E-state index is 0.273. The van der Waals surface area contributed by atoms with Crippen LogP contribution in [0.4, 0.5) is 10.3 Å². The molecule has 0 bridgehead atoms. The fourth-order valence-corrected chi connectivity index (χ4v) is 11.9. The number of benzene rings is 4. The Morgan fingerprint density at radius 2 is 0.931 bits per heavy atom. The van der Waals surface area contributed by atoms with Gasteiger partial charge < -0.3 is 9.80 Å². The van der Waals surface area contributed by atoms with Gasteiger partial charge in [-0.15, -0.1) is 22.7 Å².